The van der Waals surface area contributed by atoms with Crippen LogP contribution in [-0.2, 0) is 0 Å². The molecule has 5 rings (SSSR count). The summed E-state index contributed by atoms with van der Waals surface area (Å²) in [6.45, 7) is 1.35. The van der Waals surface area contributed by atoms with Crippen molar-refractivity contribution in [1.82, 2.24) is 24.8 Å². The van der Waals surface area contributed by atoms with E-state index < -0.39 is 0 Å². The van der Waals surface area contributed by atoms with Crippen molar-refractivity contribution in [3.63, 3.8) is 0 Å². The Balaban J connectivity index is 1.37. The third kappa shape index (κ3) is 3.86. The van der Waals surface area contributed by atoms with Crippen LogP contribution in [0.3, 0.4) is 0 Å². The molecule has 162 valence electrons. The normalized spacial score (nSPS) is 20.5. The Kier molecular flexibility index (Phi) is 5.62. The Hall–Kier alpha value is -3.61. The predicted molar refractivity (Wildman–Crippen MR) is 119 cm³/mol. The summed E-state index contributed by atoms with van der Waals surface area (Å²) in [4.78, 5) is 43.2. The lowest BCUT2D eigenvalue weighted by Crippen LogP contribution is -2.33. The summed E-state index contributed by atoms with van der Waals surface area (Å²) in [5.41, 5.74) is 2.68. The molecule has 2 unspecified atom stereocenters. The van der Waals surface area contributed by atoms with Crippen LogP contribution < -0.4 is 0 Å². The molecule has 2 aliphatic heterocycles. The summed E-state index contributed by atoms with van der Waals surface area (Å²) in [6, 6.07) is 12.9. The maximum Gasteiger partial charge on any atom is 0.272 e. The minimum Gasteiger partial charge on any atom is -0.330 e. The second-order valence-corrected chi connectivity index (χ2v) is 8.29. The van der Waals surface area contributed by atoms with Crippen molar-refractivity contribution < 1.29 is 9.59 Å². The van der Waals surface area contributed by atoms with E-state index >= 15 is 0 Å². The van der Waals surface area contributed by atoms with Crippen LogP contribution in [0, 0.1) is 0 Å². The molecule has 2 atom stereocenters. The van der Waals surface area contributed by atoms with Gasteiger partial charge in [-0.1, -0.05) is 18.2 Å². The van der Waals surface area contributed by atoms with Gasteiger partial charge in [0.1, 0.15) is 11.4 Å². The zero-order valence-electron chi connectivity index (χ0n) is 17.8. The highest BCUT2D eigenvalue weighted by atomic mass is 16.2. The van der Waals surface area contributed by atoms with Gasteiger partial charge in [0.15, 0.2) is 0 Å². The molecule has 0 aromatic carbocycles. The summed E-state index contributed by atoms with van der Waals surface area (Å²) in [5.74, 6) is -0.285. The Morgan fingerprint density at radius 3 is 1.66 bits per heavy atom. The SMILES string of the molecule is O=C(c1cccc(C(=O)N2CCCC2c2cccnc2)n1)N1CCCC1c1cccnc1. The average Bonchev–Trinajstić information content (AvgIpc) is 3.54. The Morgan fingerprint density at radius 2 is 1.22 bits per heavy atom. The molecule has 0 saturated carbocycles. The number of pyridine rings is 3. The quantitative estimate of drug-likeness (QED) is 0.632. The molecule has 0 spiro atoms. The standard InChI is InChI=1S/C25H25N5O2/c31-24(29-14-4-10-22(29)18-6-2-12-26-16-18)20-8-1-9-21(28-20)25(32)30-15-5-11-23(30)19-7-3-13-27-17-19/h1-3,6-9,12-13,16-17,22-23H,4-5,10-11,14-15H2. The summed E-state index contributed by atoms with van der Waals surface area (Å²) in [6.07, 6.45) is 10.8. The largest absolute Gasteiger partial charge is 0.330 e. The maximum atomic E-state index is 13.3. The molecule has 5 heterocycles. The molecule has 0 N–H and O–H groups in total. The molecule has 3 aromatic rings. The number of hydrogen-bond donors (Lipinski definition) is 0. The lowest BCUT2D eigenvalue weighted by molar-refractivity contribution is 0.0722. The van der Waals surface area contributed by atoms with E-state index in [2.05, 4.69) is 15.0 Å². The van der Waals surface area contributed by atoms with Gasteiger partial charge in [0.25, 0.3) is 11.8 Å². The Bertz CT molecular complexity index is 1020. The number of carbonyl (C=O) groups is 2. The second-order valence-electron chi connectivity index (χ2n) is 8.29. The smallest absolute Gasteiger partial charge is 0.272 e. The molecule has 2 amide bonds. The van der Waals surface area contributed by atoms with E-state index in [0.29, 0.717) is 24.5 Å². The Morgan fingerprint density at radius 1 is 0.719 bits per heavy atom. The lowest BCUT2D eigenvalue weighted by Gasteiger charge is -2.26. The minimum atomic E-state index is -0.142. The fourth-order valence-electron chi connectivity index (χ4n) is 4.83. The number of hydrogen-bond acceptors (Lipinski definition) is 5. The van der Waals surface area contributed by atoms with Crippen LogP contribution in [0.1, 0.15) is 69.9 Å². The van der Waals surface area contributed by atoms with Gasteiger partial charge in [0.2, 0.25) is 0 Å². The summed E-state index contributed by atoms with van der Waals surface area (Å²) in [7, 11) is 0. The first-order valence-corrected chi connectivity index (χ1v) is 11.1. The van der Waals surface area contributed by atoms with Crippen molar-refractivity contribution in [3.05, 3.63) is 89.8 Å². The fraction of sp³-hybridized carbons (Fsp3) is 0.320. The summed E-state index contributed by atoms with van der Waals surface area (Å²) < 4.78 is 0. The third-order valence-corrected chi connectivity index (χ3v) is 6.35. The number of nitrogens with zero attached hydrogens (tertiary/aromatic N) is 5. The number of likely N-dealkylation sites (tertiary alicyclic amines) is 2. The van der Waals surface area contributed by atoms with Gasteiger partial charge in [-0.15, -0.1) is 0 Å². The highest BCUT2D eigenvalue weighted by Gasteiger charge is 2.34. The molecule has 7 nitrogen and oxygen atoms in total. The zero-order valence-corrected chi connectivity index (χ0v) is 17.8. The molecular formula is C25H25N5O2. The molecule has 0 radical (unpaired) electrons. The van der Waals surface area contributed by atoms with Gasteiger partial charge in [-0.3, -0.25) is 19.6 Å². The van der Waals surface area contributed by atoms with E-state index in [1.807, 2.05) is 46.5 Å². The summed E-state index contributed by atoms with van der Waals surface area (Å²) >= 11 is 0. The highest BCUT2D eigenvalue weighted by molar-refractivity contribution is 5.96. The fourth-order valence-corrected chi connectivity index (χ4v) is 4.83. The number of carbonyl (C=O) groups excluding carboxylic acids is 2. The van der Waals surface area contributed by atoms with Crippen LogP contribution in [0.2, 0.25) is 0 Å². The van der Waals surface area contributed by atoms with Crippen molar-refractivity contribution >= 4 is 11.8 Å². The first-order chi connectivity index (χ1) is 15.7. The molecule has 7 heteroatoms. The van der Waals surface area contributed by atoms with Crippen LogP contribution in [0.15, 0.2) is 67.3 Å². The number of rotatable bonds is 4. The van der Waals surface area contributed by atoms with E-state index in [9.17, 15) is 9.59 Å². The van der Waals surface area contributed by atoms with Crippen LogP contribution in [0.5, 0.6) is 0 Å². The van der Waals surface area contributed by atoms with Crippen LogP contribution in [-0.4, -0.2) is 49.7 Å². The van der Waals surface area contributed by atoms with Crippen LogP contribution in [0.4, 0.5) is 0 Å². The van der Waals surface area contributed by atoms with Gasteiger partial charge in [-0.2, -0.15) is 0 Å². The number of amides is 2. The van der Waals surface area contributed by atoms with Crippen LogP contribution >= 0.6 is 0 Å². The van der Waals surface area contributed by atoms with E-state index in [-0.39, 0.29) is 23.9 Å². The molecule has 2 aliphatic rings. The molecule has 0 aliphatic carbocycles. The lowest BCUT2D eigenvalue weighted by atomic mass is 10.1. The minimum absolute atomic E-state index is 0.00843. The van der Waals surface area contributed by atoms with Crippen molar-refractivity contribution in [1.29, 1.82) is 0 Å². The van der Waals surface area contributed by atoms with Gasteiger partial charge >= 0.3 is 0 Å². The van der Waals surface area contributed by atoms with E-state index in [1.54, 1.807) is 30.6 Å². The van der Waals surface area contributed by atoms with Gasteiger partial charge in [0, 0.05) is 37.9 Å². The molecule has 3 aromatic heterocycles. The van der Waals surface area contributed by atoms with E-state index in [4.69, 9.17) is 0 Å². The molecule has 32 heavy (non-hydrogen) atoms. The van der Waals surface area contributed by atoms with E-state index in [1.165, 1.54) is 0 Å². The molecule has 2 saturated heterocycles. The van der Waals surface area contributed by atoms with Gasteiger partial charge in [-0.05, 0) is 61.1 Å². The third-order valence-electron chi connectivity index (χ3n) is 6.35. The summed E-state index contributed by atoms with van der Waals surface area (Å²) in [5, 5.41) is 0. The predicted octanol–water partition coefficient (Wildman–Crippen LogP) is 3.83. The molecular weight excluding hydrogens is 402 g/mol. The Labute approximate surface area is 187 Å². The first kappa shape index (κ1) is 20.3. The molecule has 2 fully saturated rings. The van der Waals surface area contributed by atoms with E-state index in [0.717, 1.165) is 36.8 Å². The maximum absolute atomic E-state index is 13.3. The second kappa shape index (κ2) is 8.86. The van der Waals surface area contributed by atoms with Crippen molar-refractivity contribution in [2.24, 2.45) is 0 Å². The average molecular weight is 428 g/mol. The zero-order chi connectivity index (χ0) is 21.9. The monoisotopic (exact) mass is 427 g/mol. The van der Waals surface area contributed by atoms with Crippen LogP contribution in [0.25, 0.3) is 0 Å². The van der Waals surface area contributed by atoms with Gasteiger partial charge < -0.3 is 9.80 Å². The highest BCUT2D eigenvalue weighted by Crippen LogP contribution is 2.34. The van der Waals surface area contributed by atoms with Crippen molar-refractivity contribution in [3.8, 4) is 0 Å². The first-order valence-electron chi connectivity index (χ1n) is 11.1. The van der Waals surface area contributed by atoms with Gasteiger partial charge in [0.05, 0.1) is 12.1 Å². The molecule has 0 bridgehead atoms. The van der Waals surface area contributed by atoms with Crippen molar-refractivity contribution in [2.75, 3.05) is 13.1 Å². The number of aromatic nitrogens is 3. The van der Waals surface area contributed by atoms with Gasteiger partial charge in [-0.25, -0.2) is 4.98 Å². The van der Waals surface area contributed by atoms with Crippen molar-refractivity contribution in [2.45, 2.75) is 37.8 Å². The topological polar surface area (TPSA) is 79.3 Å².